The van der Waals surface area contributed by atoms with E-state index < -0.39 is 5.97 Å². The Morgan fingerprint density at radius 2 is 1.78 bits per heavy atom. The second-order valence-corrected chi connectivity index (χ2v) is 5.08. The van der Waals surface area contributed by atoms with Crippen LogP contribution < -0.4 is 9.47 Å². The number of esters is 1. The van der Waals surface area contributed by atoms with E-state index in [4.69, 9.17) is 13.9 Å². The van der Waals surface area contributed by atoms with E-state index in [1.807, 2.05) is 49.4 Å². The third kappa shape index (κ3) is 3.80. The average Bonchev–Trinajstić information content (AvgIpc) is 3.02. The fourth-order valence-electron chi connectivity index (χ4n) is 2.14. The number of ether oxygens (including phenoxy) is 2. The summed E-state index contributed by atoms with van der Waals surface area (Å²) in [4.78, 5) is 12.2. The third-order valence-corrected chi connectivity index (χ3v) is 3.27. The van der Waals surface area contributed by atoms with Gasteiger partial charge in [-0.3, -0.25) is 0 Å². The Morgan fingerprint density at radius 1 is 1.00 bits per heavy atom. The van der Waals surface area contributed by atoms with E-state index in [2.05, 4.69) is 0 Å². The average molecular weight is 308 g/mol. The number of aryl methyl sites for hydroxylation is 1. The second-order valence-electron chi connectivity index (χ2n) is 5.08. The molecule has 0 aliphatic heterocycles. The van der Waals surface area contributed by atoms with Crippen LogP contribution in [0.25, 0.3) is 0 Å². The highest BCUT2D eigenvalue weighted by Crippen LogP contribution is 2.19. The van der Waals surface area contributed by atoms with Crippen LogP contribution in [0.2, 0.25) is 0 Å². The molecule has 1 heterocycles. The van der Waals surface area contributed by atoms with Crippen molar-refractivity contribution in [1.29, 1.82) is 0 Å². The van der Waals surface area contributed by atoms with Gasteiger partial charge in [0.15, 0.2) is 0 Å². The normalized spacial score (nSPS) is 10.3. The molecule has 0 saturated carbocycles. The highest BCUT2D eigenvalue weighted by atomic mass is 16.5. The molecule has 4 heteroatoms. The number of para-hydroxylation sites is 1. The van der Waals surface area contributed by atoms with Crippen LogP contribution in [0.1, 0.15) is 21.7 Å². The zero-order valence-corrected chi connectivity index (χ0v) is 12.7. The van der Waals surface area contributed by atoms with Crippen LogP contribution in [0.15, 0.2) is 71.3 Å². The Hall–Kier alpha value is -3.01. The molecule has 3 rings (SSSR count). The summed E-state index contributed by atoms with van der Waals surface area (Å²) in [5, 5.41) is 0. The van der Waals surface area contributed by atoms with E-state index in [0.29, 0.717) is 11.3 Å². The van der Waals surface area contributed by atoms with Crippen LogP contribution in [-0.2, 0) is 6.61 Å². The number of furan rings is 1. The third-order valence-electron chi connectivity index (χ3n) is 3.27. The molecule has 23 heavy (non-hydrogen) atoms. The van der Waals surface area contributed by atoms with Gasteiger partial charge in [-0.25, -0.2) is 4.79 Å². The van der Waals surface area contributed by atoms with Crippen molar-refractivity contribution < 1.29 is 18.7 Å². The summed E-state index contributed by atoms with van der Waals surface area (Å²) < 4.78 is 16.2. The van der Waals surface area contributed by atoms with Crippen molar-refractivity contribution in [2.45, 2.75) is 13.5 Å². The zero-order chi connectivity index (χ0) is 16.1. The van der Waals surface area contributed by atoms with Gasteiger partial charge in [0.25, 0.3) is 0 Å². The van der Waals surface area contributed by atoms with Crippen molar-refractivity contribution in [2.75, 3.05) is 0 Å². The lowest BCUT2D eigenvalue weighted by Gasteiger charge is -2.07. The van der Waals surface area contributed by atoms with Gasteiger partial charge in [-0.2, -0.15) is 0 Å². The van der Waals surface area contributed by atoms with E-state index >= 15 is 0 Å². The van der Waals surface area contributed by atoms with E-state index in [9.17, 15) is 4.79 Å². The minimum Gasteiger partial charge on any atom is -0.489 e. The summed E-state index contributed by atoms with van der Waals surface area (Å²) in [6.07, 6.45) is 1.45. The largest absolute Gasteiger partial charge is 0.489 e. The minimum absolute atomic E-state index is 0.155. The zero-order valence-electron chi connectivity index (χ0n) is 12.7. The van der Waals surface area contributed by atoms with E-state index in [-0.39, 0.29) is 12.4 Å². The molecule has 0 amide bonds. The van der Waals surface area contributed by atoms with E-state index in [1.54, 1.807) is 18.2 Å². The van der Waals surface area contributed by atoms with Gasteiger partial charge in [-0.15, -0.1) is 0 Å². The monoisotopic (exact) mass is 308 g/mol. The van der Waals surface area contributed by atoms with Gasteiger partial charge in [-0.1, -0.05) is 30.3 Å². The van der Waals surface area contributed by atoms with Crippen LogP contribution in [-0.4, -0.2) is 5.97 Å². The lowest BCUT2D eigenvalue weighted by Crippen LogP contribution is -2.11. The lowest BCUT2D eigenvalue weighted by atomic mass is 10.2. The van der Waals surface area contributed by atoms with Crippen LogP contribution in [0.4, 0.5) is 0 Å². The number of benzene rings is 2. The minimum atomic E-state index is -0.535. The molecule has 0 unspecified atom stereocenters. The summed E-state index contributed by atoms with van der Waals surface area (Å²) >= 11 is 0. The Bertz CT molecular complexity index is 790. The summed E-state index contributed by atoms with van der Waals surface area (Å²) in [6.45, 7) is 2.17. The van der Waals surface area contributed by atoms with Gasteiger partial charge in [0.2, 0.25) is 5.76 Å². The molecule has 0 radical (unpaired) electrons. The van der Waals surface area contributed by atoms with Crippen molar-refractivity contribution in [3.63, 3.8) is 0 Å². The Morgan fingerprint density at radius 3 is 2.57 bits per heavy atom. The Labute approximate surface area is 134 Å². The number of carbonyl (C=O) groups excluding carboxylic acids is 1. The summed E-state index contributed by atoms with van der Waals surface area (Å²) in [5.41, 5.74) is 1.66. The summed E-state index contributed by atoms with van der Waals surface area (Å²) in [7, 11) is 0. The molecule has 116 valence electrons. The van der Waals surface area contributed by atoms with Gasteiger partial charge >= 0.3 is 5.97 Å². The molecule has 0 atom stereocenters. The Balaban J connectivity index is 1.69. The van der Waals surface area contributed by atoms with Crippen LogP contribution in [0.3, 0.4) is 0 Å². The van der Waals surface area contributed by atoms with Crippen molar-refractivity contribution in [3.8, 4) is 11.5 Å². The molecule has 0 aliphatic carbocycles. The molecular weight excluding hydrogens is 292 g/mol. The summed E-state index contributed by atoms with van der Waals surface area (Å²) in [6, 6.07) is 18.4. The number of rotatable bonds is 5. The maximum atomic E-state index is 12.2. The van der Waals surface area contributed by atoms with Crippen molar-refractivity contribution in [2.24, 2.45) is 0 Å². The standard InChI is InChI=1S/C19H16O4/c1-14-6-5-9-17(12-14)23-19(20)18-15(10-11-21-18)13-22-16-7-3-2-4-8-16/h2-12H,13H2,1H3. The maximum absolute atomic E-state index is 12.2. The molecule has 3 aromatic rings. The van der Waals surface area contributed by atoms with Crippen LogP contribution >= 0.6 is 0 Å². The highest BCUT2D eigenvalue weighted by Gasteiger charge is 2.18. The first-order valence-corrected chi connectivity index (χ1v) is 7.25. The van der Waals surface area contributed by atoms with E-state index in [0.717, 1.165) is 11.3 Å². The molecular formula is C19H16O4. The predicted molar refractivity (Wildman–Crippen MR) is 85.6 cm³/mol. The first-order valence-electron chi connectivity index (χ1n) is 7.25. The van der Waals surface area contributed by atoms with E-state index in [1.165, 1.54) is 6.26 Å². The van der Waals surface area contributed by atoms with Gasteiger partial charge in [0.1, 0.15) is 18.1 Å². The predicted octanol–water partition coefficient (Wildman–Crippen LogP) is 4.39. The maximum Gasteiger partial charge on any atom is 0.380 e. The smallest absolute Gasteiger partial charge is 0.380 e. The van der Waals surface area contributed by atoms with Gasteiger partial charge in [0, 0.05) is 5.56 Å². The number of hydrogen-bond acceptors (Lipinski definition) is 4. The lowest BCUT2D eigenvalue weighted by molar-refractivity contribution is 0.0697. The molecule has 0 bridgehead atoms. The van der Waals surface area contributed by atoms with Crippen molar-refractivity contribution in [1.82, 2.24) is 0 Å². The number of hydrogen-bond donors (Lipinski definition) is 0. The first-order chi connectivity index (χ1) is 11.2. The van der Waals surface area contributed by atoms with Gasteiger partial charge in [-0.05, 0) is 42.8 Å². The van der Waals surface area contributed by atoms with Gasteiger partial charge < -0.3 is 13.9 Å². The summed E-state index contributed by atoms with van der Waals surface area (Å²) in [5.74, 6) is 0.836. The molecule has 1 aromatic heterocycles. The van der Waals surface area contributed by atoms with Crippen LogP contribution in [0, 0.1) is 6.92 Å². The molecule has 0 N–H and O–H groups in total. The van der Waals surface area contributed by atoms with Gasteiger partial charge in [0.05, 0.1) is 6.26 Å². The second kappa shape index (κ2) is 6.83. The highest BCUT2D eigenvalue weighted by molar-refractivity contribution is 5.89. The van der Waals surface area contributed by atoms with Crippen molar-refractivity contribution in [3.05, 3.63) is 83.8 Å². The molecule has 2 aromatic carbocycles. The number of carbonyl (C=O) groups is 1. The molecule has 4 nitrogen and oxygen atoms in total. The quantitative estimate of drug-likeness (QED) is 0.518. The SMILES string of the molecule is Cc1cccc(OC(=O)c2occc2COc2ccccc2)c1. The molecule has 0 aliphatic rings. The van der Waals surface area contributed by atoms with Crippen LogP contribution in [0.5, 0.6) is 11.5 Å². The topological polar surface area (TPSA) is 48.7 Å². The Kier molecular flexibility index (Phi) is 4.43. The molecule has 0 saturated heterocycles. The fourth-order valence-corrected chi connectivity index (χ4v) is 2.14. The molecule has 0 fully saturated rings. The first kappa shape index (κ1) is 14.9. The van der Waals surface area contributed by atoms with Crippen molar-refractivity contribution >= 4 is 5.97 Å². The fraction of sp³-hybridized carbons (Fsp3) is 0.105. The molecule has 0 spiro atoms.